The van der Waals surface area contributed by atoms with Gasteiger partial charge >= 0.3 is 0 Å². The summed E-state index contributed by atoms with van der Waals surface area (Å²) in [4.78, 5) is 13.4. The SMILES string of the molecule is CCN(C)C(=O)C1NCCOC1C. The number of amides is 1. The first-order valence-electron chi connectivity index (χ1n) is 4.76. The third kappa shape index (κ3) is 2.42. The molecule has 0 bridgehead atoms. The van der Waals surface area contributed by atoms with E-state index in [0.29, 0.717) is 6.61 Å². The summed E-state index contributed by atoms with van der Waals surface area (Å²) in [5.41, 5.74) is 0. The molecule has 0 radical (unpaired) electrons. The van der Waals surface area contributed by atoms with Gasteiger partial charge < -0.3 is 15.0 Å². The highest BCUT2D eigenvalue weighted by Gasteiger charge is 2.29. The van der Waals surface area contributed by atoms with Crippen LogP contribution in [0.5, 0.6) is 0 Å². The van der Waals surface area contributed by atoms with Gasteiger partial charge in [-0.15, -0.1) is 0 Å². The van der Waals surface area contributed by atoms with Gasteiger partial charge in [0.25, 0.3) is 0 Å². The lowest BCUT2D eigenvalue weighted by Crippen LogP contribution is -2.55. The second-order valence-electron chi connectivity index (χ2n) is 3.36. The summed E-state index contributed by atoms with van der Waals surface area (Å²) < 4.78 is 5.40. The number of rotatable bonds is 2. The minimum atomic E-state index is -0.168. The molecule has 0 spiro atoms. The molecule has 1 rings (SSSR count). The van der Waals surface area contributed by atoms with Crippen LogP contribution in [0.15, 0.2) is 0 Å². The molecule has 76 valence electrons. The Morgan fingerprint density at radius 1 is 1.69 bits per heavy atom. The summed E-state index contributed by atoms with van der Waals surface area (Å²) in [5, 5.41) is 3.17. The van der Waals surface area contributed by atoms with Crippen molar-refractivity contribution in [2.75, 3.05) is 26.7 Å². The smallest absolute Gasteiger partial charge is 0.242 e. The average Bonchev–Trinajstić information content (AvgIpc) is 2.16. The Kier molecular flexibility index (Phi) is 3.69. The van der Waals surface area contributed by atoms with Crippen LogP contribution >= 0.6 is 0 Å². The zero-order valence-corrected chi connectivity index (χ0v) is 8.54. The molecular formula is C9H18N2O2. The number of hydrogen-bond donors (Lipinski definition) is 1. The van der Waals surface area contributed by atoms with Gasteiger partial charge in [0.15, 0.2) is 0 Å². The molecule has 0 aromatic rings. The Labute approximate surface area is 79.2 Å². The van der Waals surface area contributed by atoms with Crippen molar-refractivity contribution in [2.24, 2.45) is 0 Å². The molecule has 0 saturated carbocycles. The average molecular weight is 186 g/mol. The fourth-order valence-corrected chi connectivity index (χ4v) is 1.40. The van der Waals surface area contributed by atoms with E-state index < -0.39 is 0 Å². The summed E-state index contributed by atoms with van der Waals surface area (Å²) in [7, 11) is 1.81. The van der Waals surface area contributed by atoms with E-state index in [4.69, 9.17) is 4.74 Å². The highest BCUT2D eigenvalue weighted by molar-refractivity contribution is 5.82. The molecule has 0 aromatic heterocycles. The Morgan fingerprint density at radius 2 is 2.38 bits per heavy atom. The van der Waals surface area contributed by atoms with Crippen molar-refractivity contribution in [3.05, 3.63) is 0 Å². The Bertz CT molecular complexity index is 184. The number of hydrogen-bond acceptors (Lipinski definition) is 3. The third-order valence-electron chi connectivity index (χ3n) is 2.43. The van der Waals surface area contributed by atoms with Gasteiger partial charge in [0.1, 0.15) is 6.04 Å². The molecule has 1 aliphatic rings. The quantitative estimate of drug-likeness (QED) is 0.651. The van der Waals surface area contributed by atoms with Crippen LogP contribution in [0.25, 0.3) is 0 Å². The minimum absolute atomic E-state index is 0.0183. The first-order valence-corrected chi connectivity index (χ1v) is 4.76. The first kappa shape index (κ1) is 10.5. The van der Waals surface area contributed by atoms with E-state index in [1.807, 2.05) is 20.9 Å². The normalized spacial score (nSPS) is 28.5. The van der Waals surface area contributed by atoms with Gasteiger partial charge in [0, 0.05) is 20.1 Å². The highest BCUT2D eigenvalue weighted by Crippen LogP contribution is 2.06. The van der Waals surface area contributed by atoms with Crippen LogP contribution < -0.4 is 5.32 Å². The van der Waals surface area contributed by atoms with Crippen molar-refractivity contribution in [2.45, 2.75) is 26.0 Å². The van der Waals surface area contributed by atoms with Crippen LogP contribution in [0.4, 0.5) is 0 Å². The minimum Gasteiger partial charge on any atom is -0.375 e. The molecule has 2 unspecified atom stereocenters. The molecule has 1 N–H and O–H groups in total. The molecule has 2 atom stereocenters. The molecule has 4 heteroatoms. The lowest BCUT2D eigenvalue weighted by molar-refractivity contribution is -0.137. The van der Waals surface area contributed by atoms with Gasteiger partial charge in [-0.05, 0) is 13.8 Å². The van der Waals surface area contributed by atoms with Crippen LogP contribution in [0, 0.1) is 0 Å². The van der Waals surface area contributed by atoms with Crippen molar-refractivity contribution in [3.63, 3.8) is 0 Å². The number of morpholine rings is 1. The van der Waals surface area contributed by atoms with E-state index in [-0.39, 0.29) is 18.1 Å². The van der Waals surface area contributed by atoms with Gasteiger partial charge in [-0.1, -0.05) is 0 Å². The standard InChI is InChI=1S/C9H18N2O2/c1-4-11(3)9(12)8-7(2)13-6-5-10-8/h7-8,10H,4-6H2,1-3H3. The second kappa shape index (κ2) is 4.58. The summed E-state index contributed by atoms with van der Waals surface area (Å²) in [6.45, 7) is 6.09. The monoisotopic (exact) mass is 186 g/mol. The van der Waals surface area contributed by atoms with Gasteiger partial charge in [-0.2, -0.15) is 0 Å². The summed E-state index contributed by atoms with van der Waals surface area (Å²) in [5.74, 6) is 0.120. The van der Waals surface area contributed by atoms with Crippen LogP contribution in [0.2, 0.25) is 0 Å². The predicted octanol–water partition coefficient (Wildman–Crippen LogP) is -0.158. The topological polar surface area (TPSA) is 41.6 Å². The molecule has 0 aliphatic carbocycles. The lowest BCUT2D eigenvalue weighted by atomic mass is 10.1. The number of nitrogens with zero attached hydrogens (tertiary/aromatic N) is 1. The third-order valence-corrected chi connectivity index (χ3v) is 2.43. The fourth-order valence-electron chi connectivity index (χ4n) is 1.40. The van der Waals surface area contributed by atoms with Crippen LogP contribution in [0.3, 0.4) is 0 Å². The molecule has 1 heterocycles. The zero-order valence-electron chi connectivity index (χ0n) is 8.54. The largest absolute Gasteiger partial charge is 0.375 e. The molecule has 13 heavy (non-hydrogen) atoms. The van der Waals surface area contributed by atoms with Gasteiger partial charge in [0.2, 0.25) is 5.91 Å². The van der Waals surface area contributed by atoms with Crippen molar-refractivity contribution in [1.82, 2.24) is 10.2 Å². The van der Waals surface area contributed by atoms with E-state index in [1.54, 1.807) is 4.90 Å². The molecule has 0 aromatic carbocycles. The van der Waals surface area contributed by atoms with Crippen LogP contribution in [-0.4, -0.2) is 49.7 Å². The maximum atomic E-state index is 11.7. The second-order valence-corrected chi connectivity index (χ2v) is 3.36. The van der Waals surface area contributed by atoms with Crippen LogP contribution in [0.1, 0.15) is 13.8 Å². The zero-order chi connectivity index (χ0) is 9.84. The molecule has 1 fully saturated rings. The van der Waals surface area contributed by atoms with Gasteiger partial charge in [-0.3, -0.25) is 4.79 Å². The fraction of sp³-hybridized carbons (Fsp3) is 0.889. The summed E-state index contributed by atoms with van der Waals surface area (Å²) in [6.07, 6.45) is -0.0183. The molecular weight excluding hydrogens is 168 g/mol. The van der Waals surface area contributed by atoms with E-state index in [0.717, 1.165) is 13.1 Å². The molecule has 1 saturated heterocycles. The molecule has 1 amide bonds. The van der Waals surface area contributed by atoms with Crippen LogP contribution in [-0.2, 0) is 9.53 Å². The van der Waals surface area contributed by atoms with E-state index in [2.05, 4.69) is 5.32 Å². The number of nitrogens with one attached hydrogen (secondary N) is 1. The summed E-state index contributed by atoms with van der Waals surface area (Å²) in [6, 6.07) is -0.168. The van der Waals surface area contributed by atoms with Gasteiger partial charge in [0.05, 0.1) is 12.7 Å². The molecule has 1 aliphatic heterocycles. The lowest BCUT2D eigenvalue weighted by Gasteiger charge is -2.31. The molecule has 4 nitrogen and oxygen atoms in total. The number of likely N-dealkylation sites (N-methyl/N-ethyl adjacent to an activating group) is 1. The predicted molar refractivity (Wildman–Crippen MR) is 50.5 cm³/mol. The maximum Gasteiger partial charge on any atom is 0.242 e. The van der Waals surface area contributed by atoms with E-state index in [1.165, 1.54) is 0 Å². The summed E-state index contributed by atoms with van der Waals surface area (Å²) >= 11 is 0. The van der Waals surface area contributed by atoms with Crippen molar-refractivity contribution >= 4 is 5.91 Å². The van der Waals surface area contributed by atoms with E-state index in [9.17, 15) is 4.79 Å². The highest BCUT2D eigenvalue weighted by atomic mass is 16.5. The number of carbonyl (C=O) groups is 1. The van der Waals surface area contributed by atoms with Crippen molar-refractivity contribution < 1.29 is 9.53 Å². The van der Waals surface area contributed by atoms with Crippen molar-refractivity contribution in [1.29, 1.82) is 0 Å². The van der Waals surface area contributed by atoms with E-state index >= 15 is 0 Å². The number of ether oxygens (including phenoxy) is 1. The Hall–Kier alpha value is -0.610. The maximum absolute atomic E-state index is 11.7. The number of carbonyl (C=O) groups excluding carboxylic acids is 1. The Morgan fingerprint density at radius 3 is 2.92 bits per heavy atom. The Balaban J connectivity index is 2.53. The first-order chi connectivity index (χ1) is 6.16. The van der Waals surface area contributed by atoms with Gasteiger partial charge in [-0.25, -0.2) is 0 Å². The van der Waals surface area contributed by atoms with Crippen molar-refractivity contribution in [3.8, 4) is 0 Å².